The van der Waals surface area contributed by atoms with Gasteiger partial charge in [-0.3, -0.25) is 0 Å². The minimum absolute atomic E-state index is 0.750. The number of hydrogen-bond donors (Lipinski definition) is 0. The van der Waals surface area contributed by atoms with Crippen LogP contribution in [-0.2, 0) is 6.54 Å². The average molecular weight is 270 g/mol. The van der Waals surface area contributed by atoms with Gasteiger partial charge in [0.1, 0.15) is 0 Å². The number of piperidine rings is 1. The third-order valence-electron chi connectivity index (χ3n) is 4.66. The quantitative estimate of drug-likeness (QED) is 0.786. The maximum absolute atomic E-state index is 2.68. The molecule has 108 valence electrons. The molecule has 1 saturated heterocycles. The van der Waals surface area contributed by atoms with E-state index in [0.717, 1.165) is 12.6 Å². The zero-order valence-electron chi connectivity index (χ0n) is 12.6. The second-order valence-corrected chi connectivity index (χ2v) is 6.21. The summed E-state index contributed by atoms with van der Waals surface area (Å²) in [5.74, 6) is 0. The van der Waals surface area contributed by atoms with E-state index in [-0.39, 0.29) is 0 Å². The van der Waals surface area contributed by atoms with Gasteiger partial charge >= 0.3 is 0 Å². The Morgan fingerprint density at radius 1 is 1.00 bits per heavy atom. The number of benzene rings is 1. The normalized spacial score (nSPS) is 18.4. The highest BCUT2D eigenvalue weighted by Gasteiger charge is 2.15. The predicted molar refractivity (Wildman–Crippen MR) is 86.1 cm³/mol. The first-order valence-corrected chi connectivity index (χ1v) is 8.11. The molecule has 2 heterocycles. The van der Waals surface area contributed by atoms with E-state index in [9.17, 15) is 0 Å². The van der Waals surface area contributed by atoms with Crippen LogP contribution in [0.25, 0.3) is 10.8 Å². The fraction of sp³-hybridized carbons (Fsp3) is 0.556. The Bertz CT molecular complexity index is 504. The maximum Gasteiger partial charge on any atom is 0.0220 e. The van der Waals surface area contributed by atoms with Crippen molar-refractivity contribution in [3.63, 3.8) is 0 Å². The molecule has 1 fully saturated rings. The molecule has 2 nitrogen and oxygen atoms in total. The first kappa shape index (κ1) is 13.7. The van der Waals surface area contributed by atoms with E-state index in [4.69, 9.17) is 0 Å². The molecule has 0 saturated carbocycles. The molecule has 2 heteroatoms. The molecule has 1 aromatic carbocycles. The van der Waals surface area contributed by atoms with Crippen molar-refractivity contribution in [2.75, 3.05) is 13.1 Å². The Balaban J connectivity index is 1.49. The van der Waals surface area contributed by atoms with Crippen LogP contribution in [0.1, 0.15) is 39.0 Å². The van der Waals surface area contributed by atoms with Crippen molar-refractivity contribution in [1.82, 2.24) is 9.47 Å². The van der Waals surface area contributed by atoms with Gasteiger partial charge in [0.15, 0.2) is 0 Å². The molecule has 0 radical (unpaired) electrons. The number of nitrogens with zero attached hydrogens (tertiary/aromatic N) is 2. The highest BCUT2D eigenvalue weighted by Crippen LogP contribution is 2.17. The van der Waals surface area contributed by atoms with Gasteiger partial charge in [0.2, 0.25) is 0 Å². The molecule has 1 atom stereocenters. The van der Waals surface area contributed by atoms with Crippen LogP contribution in [0.4, 0.5) is 0 Å². The number of hydrogen-bond acceptors (Lipinski definition) is 1. The van der Waals surface area contributed by atoms with Gasteiger partial charge in [-0.15, -0.1) is 0 Å². The van der Waals surface area contributed by atoms with E-state index in [2.05, 4.69) is 53.0 Å². The molecule has 0 bridgehead atoms. The van der Waals surface area contributed by atoms with E-state index in [0.29, 0.717) is 0 Å². The third-order valence-corrected chi connectivity index (χ3v) is 4.66. The van der Waals surface area contributed by atoms with Crippen molar-refractivity contribution < 1.29 is 0 Å². The van der Waals surface area contributed by atoms with E-state index < -0.39 is 0 Å². The topological polar surface area (TPSA) is 8.17 Å². The fourth-order valence-corrected chi connectivity index (χ4v) is 3.38. The Morgan fingerprint density at radius 3 is 2.30 bits per heavy atom. The summed E-state index contributed by atoms with van der Waals surface area (Å²) in [6.07, 6.45) is 11.4. The largest absolute Gasteiger partial charge is 0.353 e. The van der Waals surface area contributed by atoms with Crippen LogP contribution in [0.15, 0.2) is 36.7 Å². The SMILES string of the molecule is CC(CCCn1cc2ccccc2c1)N1CCCCC1. The molecule has 0 amide bonds. The summed E-state index contributed by atoms with van der Waals surface area (Å²) in [4.78, 5) is 2.68. The van der Waals surface area contributed by atoms with Crippen molar-refractivity contribution in [2.24, 2.45) is 0 Å². The van der Waals surface area contributed by atoms with E-state index >= 15 is 0 Å². The lowest BCUT2D eigenvalue weighted by Gasteiger charge is -2.32. The summed E-state index contributed by atoms with van der Waals surface area (Å²) in [5.41, 5.74) is 0. The highest BCUT2D eigenvalue weighted by atomic mass is 15.1. The molecule has 3 rings (SSSR count). The van der Waals surface area contributed by atoms with Crippen LogP contribution in [0.3, 0.4) is 0 Å². The van der Waals surface area contributed by atoms with Gasteiger partial charge in [-0.1, -0.05) is 30.7 Å². The monoisotopic (exact) mass is 270 g/mol. The fourth-order valence-electron chi connectivity index (χ4n) is 3.38. The Hall–Kier alpha value is -1.28. The van der Waals surface area contributed by atoms with Crippen LogP contribution in [-0.4, -0.2) is 28.6 Å². The standard InChI is InChI=1S/C18H26N2/c1-16(20-12-5-2-6-13-20)8-7-11-19-14-17-9-3-4-10-18(17)15-19/h3-4,9-10,14-16H,2,5-8,11-13H2,1H3. The zero-order chi connectivity index (χ0) is 13.8. The molecular weight excluding hydrogens is 244 g/mol. The van der Waals surface area contributed by atoms with Crippen LogP contribution in [0, 0.1) is 0 Å². The van der Waals surface area contributed by atoms with Crippen LogP contribution >= 0.6 is 0 Å². The van der Waals surface area contributed by atoms with Crippen molar-refractivity contribution in [2.45, 2.75) is 51.6 Å². The first-order chi connectivity index (χ1) is 9.83. The van der Waals surface area contributed by atoms with Gasteiger partial charge < -0.3 is 9.47 Å². The van der Waals surface area contributed by atoms with Gasteiger partial charge in [-0.05, 0) is 56.5 Å². The van der Waals surface area contributed by atoms with Crippen molar-refractivity contribution in [3.05, 3.63) is 36.7 Å². The number of likely N-dealkylation sites (tertiary alicyclic amines) is 1. The maximum atomic E-state index is 2.68. The molecule has 1 unspecified atom stereocenters. The molecule has 1 aliphatic rings. The summed E-state index contributed by atoms with van der Waals surface area (Å²) in [6, 6.07) is 9.38. The Labute approximate surface area is 122 Å². The molecule has 1 aliphatic heterocycles. The lowest BCUT2D eigenvalue weighted by atomic mass is 10.1. The summed E-state index contributed by atoms with van der Waals surface area (Å²) < 4.78 is 2.35. The smallest absolute Gasteiger partial charge is 0.0220 e. The minimum atomic E-state index is 0.750. The van der Waals surface area contributed by atoms with Gasteiger partial charge in [0, 0.05) is 25.0 Å². The molecule has 2 aromatic rings. The average Bonchev–Trinajstić information content (AvgIpc) is 2.90. The van der Waals surface area contributed by atoms with Crippen LogP contribution < -0.4 is 0 Å². The number of aryl methyl sites for hydroxylation is 1. The van der Waals surface area contributed by atoms with E-state index in [1.54, 1.807) is 0 Å². The van der Waals surface area contributed by atoms with Crippen LogP contribution in [0.5, 0.6) is 0 Å². The van der Waals surface area contributed by atoms with Gasteiger partial charge in [0.05, 0.1) is 0 Å². The second-order valence-electron chi connectivity index (χ2n) is 6.21. The molecule has 0 spiro atoms. The zero-order valence-corrected chi connectivity index (χ0v) is 12.6. The highest BCUT2D eigenvalue weighted by molar-refractivity contribution is 5.81. The summed E-state index contributed by atoms with van der Waals surface area (Å²) >= 11 is 0. The lowest BCUT2D eigenvalue weighted by Crippen LogP contribution is -2.37. The molecule has 20 heavy (non-hydrogen) atoms. The first-order valence-electron chi connectivity index (χ1n) is 8.11. The molecule has 0 N–H and O–H groups in total. The van der Waals surface area contributed by atoms with E-state index in [1.165, 1.54) is 56.0 Å². The van der Waals surface area contributed by atoms with Crippen LogP contribution in [0.2, 0.25) is 0 Å². The van der Waals surface area contributed by atoms with Crippen molar-refractivity contribution in [1.29, 1.82) is 0 Å². The van der Waals surface area contributed by atoms with Gasteiger partial charge in [0.25, 0.3) is 0 Å². The third kappa shape index (κ3) is 3.24. The van der Waals surface area contributed by atoms with E-state index in [1.807, 2.05) is 0 Å². The van der Waals surface area contributed by atoms with Crippen molar-refractivity contribution in [3.8, 4) is 0 Å². The van der Waals surface area contributed by atoms with Gasteiger partial charge in [-0.2, -0.15) is 0 Å². The second kappa shape index (κ2) is 6.45. The van der Waals surface area contributed by atoms with Gasteiger partial charge in [-0.25, -0.2) is 0 Å². The lowest BCUT2D eigenvalue weighted by molar-refractivity contribution is 0.163. The molecule has 1 aromatic heterocycles. The molecular formula is C18H26N2. The summed E-state index contributed by atoms with van der Waals surface area (Å²) in [6.45, 7) is 6.17. The Kier molecular flexibility index (Phi) is 4.41. The Morgan fingerprint density at radius 2 is 1.65 bits per heavy atom. The number of aromatic nitrogens is 1. The predicted octanol–water partition coefficient (Wildman–Crippen LogP) is 4.30. The number of rotatable bonds is 5. The molecule has 0 aliphatic carbocycles. The number of fused-ring (bicyclic) bond motifs is 1. The summed E-state index contributed by atoms with van der Waals surface area (Å²) in [5, 5.41) is 2.72. The van der Waals surface area contributed by atoms with Crippen molar-refractivity contribution >= 4 is 10.8 Å². The summed E-state index contributed by atoms with van der Waals surface area (Å²) in [7, 11) is 0. The minimum Gasteiger partial charge on any atom is -0.353 e.